The van der Waals surface area contributed by atoms with E-state index in [1.807, 2.05) is 0 Å². The van der Waals surface area contributed by atoms with Gasteiger partial charge < -0.3 is 20.4 Å². The van der Waals surface area contributed by atoms with E-state index >= 15 is 0 Å². The average molecular weight is 268 g/mol. The van der Waals surface area contributed by atoms with Crippen LogP contribution in [0.1, 0.15) is 10.4 Å². The Kier molecular flexibility index (Phi) is 6.10. The molecule has 0 bridgehead atoms. The van der Waals surface area contributed by atoms with Crippen LogP contribution in [0.15, 0.2) is 35.4 Å². The van der Waals surface area contributed by atoms with Crippen molar-refractivity contribution >= 4 is 12.1 Å². The highest BCUT2D eigenvalue weighted by Gasteiger charge is 2.22. The SMILES string of the molecule is O=C(NN=C[C@H](O)[C@@H](O)[C@@H](O)CO)c1ccccc1. The largest absolute Gasteiger partial charge is 0.394 e. The zero-order valence-corrected chi connectivity index (χ0v) is 10.0. The first-order valence-corrected chi connectivity index (χ1v) is 5.60. The summed E-state index contributed by atoms with van der Waals surface area (Å²) < 4.78 is 0. The van der Waals surface area contributed by atoms with Crippen LogP contribution in [0.2, 0.25) is 0 Å². The zero-order valence-electron chi connectivity index (χ0n) is 10.0. The minimum atomic E-state index is -1.58. The molecule has 0 unspecified atom stereocenters. The molecule has 0 aromatic heterocycles. The number of nitrogens with one attached hydrogen (secondary N) is 1. The van der Waals surface area contributed by atoms with Gasteiger partial charge in [-0.2, -0.15) is 5.10 Å². The second-order valence-corrected chi connectivity index (χ2v) is 3.82. The van der Waals surface area contributed by atoms with Crippen molar-refractivity contribution in [1.82, 2.24) is 5.43 Å². The Balaban J connectivity index is 2.48. The van der Waals surface area contributed by atoms with Crippen LogP contribution in [-0.2, 0) is 0 Å². The van der Waals surface area contributed by atoms with Gasteiger partial charge in [0.05, 0.1) is 12.8 Å². The predicted molar refractivity (Wildman–Crippen MR) is 67.5 cm³/mol. The lowest BCUT2D eigenvalue weighted by molar-refractivity contribution is -0.0542. The molecule has 0 aliphatic rings. The van der Waals surface area contributed by atoms with Gasteiger partial charge in [0.15, 0.2) is 0 Å². The molecule has 3 atom stereocenters. The third-order valence-corrected chi connectivity index (χ3v) is 2.36. The van der Waals surface area contributed by atoms with E-state index in [1.54, 1.807) is 30.3 Å². The standard InChI is InChI=1S/C12H16N2O5/c15-7-10(17)11(18)9(16)6-13-14-12(19)8-4-2-1-3-5-8/h1-6,9-11,15-18H,7H2,(H,14,19)/t9-,10-,11+/m0/s1. The van der Waals surface area contributed by atoms with Gasteiger partial charge in [0, 0.05) is 5.56 Å². The molecule has 0 saturated carbocycles. The minimum Gasteiger partial charge on any atom is -0.394 e. The van der Waals surface area contributed by atoms with E-state index in [0.717, 1.165) is 6.21 Å². The predicted octanol–water partition coefficient (Wildman–Crippen LogP) is -1.52. The maximum Gasteiger partial charge on any atom is 0.271 e. The Morgan fingerprint density at radius 3 is 2.47 bits per heavy atom. The summed E-state index contributed by atoms with van der Waals surface area (Å²) in [6.07, 6.45) is -3.70. The van der Waals surface area contributed by atoms with E-state index in [-0.39, 0.29) is 0 Å². The van der Waals surface area contributed by atoms with Gasteiger partial charge in [0.25, 0.3) is 5.91 Å². The molecule has 0 saturated heterocycles. The number of carbonyl (C=O) groups excluding carboxylic acids is 1. The summed E-state index contributed by atoms with van der Waals surface area (Å²) >= 11 is 0. The van der Waals surface area contributed by atoms with Crippen molar-refractivity contribution < 1.29 is 25.2 Å². The molecule has 0 fully saturated rings. The van der Waals surface area contributed by atoms with Crippen molar-refractivity contribution in [1.29, 1.82) is 0 Å². The number of carbonyl (C=O) groups is 1. The molecule has 0 aliphatic heterocycles. The van der Waals surface area contributed by atoms with Crippen LogP contribution in [0.25, 0.3) is 0 Å². The van der Waals surface area contributed by atoms with E-state index in [0.29, 0.717) is 5.56 Å². The second-order valence-electron chi connectivity index (χ2n) is 3.82. The zero-order chi connectivity index (χ0) is 14.3. The summed E-state index contributed by atoms with van der Waals surface area (Å²) in [5.74, 6) is -0.471. The van der Waals surface area contributed by atoms with E-state index < -0.39 is 30.8 Å². The van der Waals surface area contributed by atoms with Crippen LogP contribution < -0.4 is 5.43 Å². The molecule has 19 heavy (non-hydrogen) atoms. The van der Waals surface area contributed by atoms with Gasteiger partial charge in [-0.15, -0.1) is 0 Å². The number of amides is 1. The van der Waals surface area contributed by atoms with Crippen molar-refractivity contribution in [3.8, 4) is 0 Å². The van der Waals surface area contributed by atoms with Crippen LogP contribution in [0, 0.1) is 0 Å². The maximum absolute atomic E-state index is 11.5. The molecule has 1 rings (SSSR count). The topological polar surface area (TPSA) is 122 Å². The van der Waals surface area contributed by atoms with Crippen LogP contribution in [-0.4, -0.2) is 57.5 Å². The molecule has 0 spiro atoms. The summed E-state index contributed by atoms with van der Waals surface area (Å²) in [6.45, 7) is -0.692. The molecule has 7 heteroatoms. The molecule has 1 amide bonds. The molecule has 1 aromatic carbocycles. The van der Waals surface area contributed by atoms with Gasteiger partial charge in [0.2, 0.25) is 0 Å². The normalized spacial score (nSPS) is 16.0. The lowest BCUT2D eigenvalue weighted by Gasteiger charge is -2.17. The Morgan fingerprint density at radius 2 is 1.89 bits per heavy atom. The van der Waals surface area contributed by atoms with Gasteiger partial charge in [-0.25, -0.2) is 5.43 Å². The second kappa shape index (κ2) is 7.59. The quantitative estimate of drug-likeness (QED) is 0.317. The Morgan fingerprint density at radius 1 is 1.26 bits per heavy atom. The summed E-state index contributed by atoms with van der Waals surface area (Å²) in [5.41, 5.74) is 2.55. The fraction of sp³-hybridized carbons (Fsp3) is 0.333. The van der Waals surface area contributed by atoms with Crippen LogP contribution in [0.3, 0.4) is 0 Å². The first kappa shape index (κ1) is 15.3. The Hall–Kier alpha value is -1.80. The molecule has 0 heterocycles. The fourth-order valence-corrected chi connectivity index (χ4v) is 1.25. The number of benzene rings is 1. The summed E-state index contributed by atoms with van der Waals surface area (Å²) in [4.78, 5) is 11.5. The highest BCUT2D eigenvalue weighted by Crippen LogP contribution is 1.99. The molecule has 5 N–H and O–H groups in total. The van der Waals surface area contributed by atoms with Gasteiger partial charge in [-0.05, 0) is 12.1 Å². The van der Waals surface area contributed by atoms with Crippen LogP contribution in [0.5, 0.6) is 0 Å². The van der Waals surface area contributed by atoms with E-state index in [2.05, 4.69) is 10.5 Å². The number of hydrogen-bond acceptors (Lipinski definition) is 6. The average Bonchev–Trinajstić information content (AvgIpc) is 2.46. The van der Waals surface area contributed by atoms with Crippen molar-refractivity contribution in [2.45, 2.75) is 18.3 Å². The highest BCUT2D eigenvalue weighted by molar-refractivity contribution is 5.94. The summed E-state index contributed by atoms with van der Waals surface area (Å²) in [5, 5.41) is 39.8. The monoisotopic (exact) mass is 268 g/mol. The number of hydrazone groups is 1. The summed E-state index contributed by atoms with van der Waals surface area (Å²) in [6, 6.07) is 8.32. The number of hydrogen-bond donors (Lipinski definition) is 5. The molecule has 0 aliphatic carbocycles. The minimum absolute atomic E-state index is 0.394. The molecular formula is C12H16N2O5. The Labute approximate surface area is 109 Å². The number of rotatable bonds is 6. The third kappa shape index (κ3) is 4.76. The summed E-state index contributed by atoms with van der Waals surface area (Å²) in [7, 11) is 0. The van der Waals surface area contributed by atoms with E-state index in [1.165, 1.54) is 0 Å². The van der Waals surface area contributed by atoms with Gasteiger partial charge in [-0.3, -0.25) is 4.79 Å². The number of nitrogens with zero attached hydrogens (tertiary/aromatic N) is 1. The maximum atomic E-state index is 11.5. The van der Waals surface area contributed by atoms with Crippen LogP contribution in [0.4, 0.5) is 0 Å². The Bertz CT molecular complexity index is 423. The molecule has 104 valence electrons. The lowest BCUT2D eigenvalue weighted by Crippen LogP contribution is -2.40. The van der Waals surface area contributed by atoms with Crippen molar-refractivity contribution in [3.05, 3.63) is 35.9 Å². The van der Waals surface area contributed by atoms with Gasteiger partial charge in [0.1, 0.15) is 18.3 Å². The molecule has 1 aromatic rings. The molecule has 7 nitrogen and oxygen atoms in total. The lowest BCUT2D eigenvalue weighted by atomic mass is 10.1. The highest BCUT2D eigenvalue weighted by atomic mass is 16.4. The number of aliphatic hydroxyl groups excluding tert-OH is 4. The van der Waals surface area contributed by atoms with Crippen LogP contribution >= 0.6 is 0 Å². The number of aliphatic hydroxyl groups is 4. The van der Waals surface area contributed by atoms with E-state index in [4.69, 9.17) is 10.2 Å². The molecule has 0 radical (unpaired) electrons. The van der Waals surface area contributed by atoms with Crippen molar-refractivity contribution in [2.75, 3.05) is 6.61 Å². The smallest absolute Gasteiger partial charge is 0.271 e. The van der Waals surface area contributed by atoms with E-state index in [9.17, 15) is 15.0 Å². The molecular weight excluding hydrogens is 252 g/mol. The third-order valence-electron chi connectivity index (χ3n) is 2.36. The first-order chi connectivity index (χ1) is 9.06. The van der Waals surface area contributed by atoms with Gasteiger partial charge >= 0.3 is 0 Å². The van der Waals surface area contributed by atoms with Gasteiger partial charge in [-0.1, -0.05) is 18.2 Å². The van der Waals surface area contributed by atoms with Crippen molar-refractivity contribution in [2.24, 2.45) is 5.10 Å². The first-order valence-electron chi connectivity index (χ1n) is 5.60. The van der Waals surface area contributed by atoms with Crippen molar-refractivity contribution in [3.63, 3.8) is 0 Å². The fourth-order valence-electron chi connectivity index (χ4n) is 1.25.